The maximum atomic E-state index is 11.1. The van der Waals surface area contributed by atoms with Crippen molar-refractivity contribution in [3.8, 4) is 0 Å². The Kier molecular flexibility index (Phi) is 3.44. The zero-order chi connectivity index (χ0) is 8.81. The number of rotatable bonds is 2. The van der Waals surface area contributed by atoms with E-state index in [1.165, 1.54) is 6.08 Å². The van der Waals surface area contributed by atoms with Crippen LogP contribution in [0.25, 0.3) is 0 Å². The van der Waals surface area contributed by atoms with Crippen LogP contribution in [-0.4, -0.2) is 35.8 Å². The van der Waals surface area contributed by atoms with E-state index in [1.807, 2.05) is 0 Å². The number of aliphatic hydroxyl groups is 1. The molecule has 0 aromatic heterocycles. The lowest BCUT2D eigenvalue weighted by Gasteiger charge is -2.13. The molecule has 1 fully saturated rings. The van der Waals surface area contributed by atoms with Gasteiger partial charge in [-0.05, 0) is 18.9 Å². The molecule has 0 saturated carbocycles. The molecule has 1 aliphatic rings. The van der Waals surface area contributed by atoms with E-state index in [0.717, 1.165) is 32.2 Å². The monoisotopic (exact) mass is 171 g/mol. The summed E-state index contributed by atoms with van der Waals surface area (Å²) in [6, 6.07) is 0. The van der Waals surface area contributed by atoms with Crippen LogP contribution in [0.1, 0.15) is 12.8 Å². The van der Waals surface area contributed by atoms with Crippen molar-refractivity contribution in [2.75, 3.05) is 19.7 Å². The van der Waals surface area contributed by atoms with E-state index in [1.54, 1.807) is 4.90 Å². The highest BCUT2D eigenvalue weighted by Gasteiger charge is 2.18. The molecule has 4 nitrogen and oxygen atoms in total. The predicted molar refractivity (Wildman–Crippen MR) is 43.9 cm³/mol. The summed E-state index contributed by atoms with van der Waals surface area (Å²) < 4.78 is 4.81. The van der Waals surface area contributed by atoms with Gasteiger partial charge in [0.15, 0.2) is 0 Å². The van der Waals surface area contributed by atoms with Gasteiger partial charge in [-0.1, -0.05) is 0 Å². The first-order chi connectivity index (χ1) is 5.84. The number of ether oxygens (including phenoxy) is 1. The number of hydrogen-bond acceptors (Lipinski definition) is 3. The second-order valence-electron chi connectivity index (χ2n) is 2.66. The van der Waals surface area contributed by atoms with Crippen molar-refractivity contribution < 1.29 is 14.6 Å². The van der Waals surface area contributed by atoms with Crippen LogP contribution in [0.5, 0.6) is 0 Å². The Labute approximate surface area is 71.4 Å². The third kappa shape index (κ3) is 2.45. The maximum Gasteiger partial charge on any atom is 0.410 e. The lowest BCUT2D eigenvalue weighted by molar-refractivity contribution is 0.121. The molecule has 68 valence electrons. The minimum absolute atomic E-state index is 0.145. The molecule has 0 aliphatic carbocycles. The first-order valence-electron chi connectivity index (χ1n) is 4.05. The second kappa shape index (κ2) is 4.64. The van der Waals surface area contributed by atoms with Crippen LogP contribution in [0.15, 0.2) is 12.3 Å². The second-order valence-corrected chi connectivity index (χ2v) is 2.66. The van der Waals surface area contributed by atoms with Crippen LogP contribution in [0.3, 0.4) is 0 Å². The maximum absolute atomic E-state index is 11.1. The largest absolute Gasteiger partial charge is 0.516 e. The van der Waals surface area contributed by atoms with E-state index in [2.05, 4.69) is 0 Å². The number of nitrogens with zero attached hydrogens (tertiary/aromatic N) is 1. The van der Waals surface area contributed by atoms with Crippen molar-refractivity contribution in [3.05, 3.63) is 12.3 Å². The van der Waals surface area contributed by atoms with Gasteiger partial charge in [0.2, 0.25) is 0 Å². The molecule has 1 amide bonds. The number of carbonyl (C=O) groups is 1. The molecule has 1 saturated heterocycles. The summed E-state index contributed by atoms with van der Waals surface area (Å²) >= 11 is 0. The Morgan fingerprint density at radius 2 is 2.17 bits per heavy atom. The number of likely N-dealkylation sites (tertiary alicyclic amines) is 1. The van der Waals surface area contributed by atoms with E-state index in [4.69, 9.17) is 9.84 Å². The smallest absolute Gasteiger partial charge is 0.410 e. The van der Waals surface area contributed by atoms with Gasteiger partial charge in [0.25, 0.3) is 0 Å². The molecule has 12 heavy (non-hydrogen) atoms. The summed E-state index contributed by atoms with van der Waals surface area (Å²) in [5.41, 5.74) is 0. The zero-order valence-corrected chi connectivity index (χ0v) is 6.90. The van der Waals surface area contributed by atoms with Crippen molar-refractivity contribution in [3.63, 3.8) is 0 Å². The van der Waals surface area contributed by atoms with Crippen molar-refractivity contribution in [1.29, 1.82) is 0 Å². The van der Waals surface area contributed by atoms with Crippen LogP contribution in [0, 0.1) is 0 Å². The average Bonchev–Trinajstić information content (AvgIpc) is 2.56. The van der Waals surface area contributed by atoms with Gasteiger partial charge in [-0.3, -0.25) is 0 Å². The molecule has 0 atom stereocenters. The van der Waals surface area contributed by atoms with Gasteiger partial charge in [0.05, 0.1) is 6.26 Å². The van der Waals surface area contributed by atoms with Crippen molar-refractivity contribution >= 4 is 6.09 Å². The normalized spacial score (nSPS) is 17.2. The molecular formula is C8H13NO3. The summed E-state index contributed by atoms with van der Waals surface area (Å²) in [6.45, 7) is 1.73. The highest BCUT2D eigenvalue weighted by molar-refractivity contribution is 5.67. The number of hydrogen-bond donors (Lipinski definition) is 1. The first-order valence-corrected chi connectivity index (χ1v) is 4.05. The van der Waals surface area contributed by atoms with Crippen LogP contribution in [-0.2, 0) is 4.74 Å². The minimum atomic E-state index is -0.286. The third-order valence-electron chi connectivity index (χ3n) is 1.77. The van der Waals surface area contributed by atoms with Gasteiger partial charge in [-0.2, -0.15) is 0 Å². The highest BCUT2D eigenvalue weighted by atomic mass is 16.6. The molecule has 0 radical (unpaired) electrons. The Bertz CT molecular complexity index is 173. The summed E-state index contributed by atoms with van der Waals surface area (Å²) in [5.74, 6) is 0. The van der Waals surface area contributed by atoms with Gasteiger partial charge >= 0.3 is 6.09 Å². The van der Waals surface area contributed by atoms with Crippen LogP contribution in [0.4, 0.5) is 4.79 Å². The first kappa shape index (κ1) is 8.90. The number of aliphatic hydroxyl groups excluding tert-OH is 1. The lowest BCUT2D eigenvalue weighted by Crippen LogP contribution is -2.28. The number of carbonyl (C=O) groups excluding carboxylic acids is 1. The fourth-order valence-corrected chi connectivity index (χ4v) is 1.15. The zero-order valence-electron chi connectivity index (χ0n) is 6.90. The van der Waals surface area contributed by atoms with Crippen molar-refractivity contribution in [2.24, 2.45) is 0 Å². The lowest BCUT2D eigenvalue weighted by atomic mass is 10.4. The molecule has 0 bridgehead atoms. The van der Waals surface area contributed by atoms with Crippen LogP contribution >= 0.6 is 0 Å². The molecule has 4 heteroatoms. The molecule has 1 heterocycles. The van der Waals surface area contributed by atoms with E-state index in [9.17, 15) is 4.79 Å². The average molecular weight is 171 g/mol. The molecule has 1 aliphatic heterocycles. The van der Waals surface area contributed by atoms with Crippen LogP contribution < -0.4 is 0 Å². The molecule has 0 unspecified atom stereocenters. The topological polar surface area (TPSA) is 49.8 Å². The Morgan fingerprint density at radius 1 is 1.50 bits per heavy atom. The summed E-state index contributed by atoms with van der Waals surface area (Å²) in [4.78, 5) is 12.8. The van der Waals surface area contributed by atoms with E-state index >= 15 is 0 Å². The molecular weight excluding hydrogens is 158 g/mol. The van der Waals surface area contributed by atoms with Crippen molar-refractivity contribution in [1.82, 2.24) is 4.90 Å². The van der Waals surface area contributed by atoms with Crippen LogP contribution in [0.2, 0.25) is 0 Å². The summed E-state index contributed by atoms with van der Waals surface area (Å²) in [6.07, 6.45) is 4.09. The molecule has 0 aromatic carbocycles. The standard InChI is InChI=1S/C8H13NO3/c10-6-3-7-12-8(11)9-4-1-2-5-9/h3,6,10H,1-2,4-5,7H2/b6-3+. The fraction of sp³-hybridized carbons (Fsp3) is 0.625. The van der Waals surface area contributed by atoms with E-state index < -0.39 is 0 Å². The molecule has 0 aromatic rings. The Balaban J connectivity index is 2.18. The van der Waals surface area contributed by atoms with Gasteiger partial charge in [0, 0.05) is 13.1 Å². The fourth-order valence-electron chi connectivity index (χ4n) is 1.15. The SMILES string of the molecule is O=C(OC/C=C/O)N1CCCC1. The summed E-state index contributed by atoms with van der Waals surface area (Å²) in [7, 11) is 0. The van der Waals surface area contributed by atoms with Gasteiger partial charge in [-0.25, -0.2) is 4.79 Å². The van der Waals surface area contributed by atoms with Crippen molar-refractivity contribution in [2.45, 2.75) is 12.8 Å². The molecule has 1 rings (SSSR count). The van der Waals surface area contributed by atoms with Gasteiger partial charge in [0.1, 0.15) is 6.61 Å². The Hall–Kier alpha value is -1.19. The Morgan fingerprint density at radius 3 is 2.75 bits per heavy atom. The third-order valence-corrected chi connectivity index (χ3v) is 1.77. The van der Waals surface area contributed by atoms with Gasteiger partial charge in [-0.15, -0.1) is 0 Å². The quantitative estimate of drug-likeness (QED) is 0.637. The van der Waals surface area contributed by atoms with Gasteiger partial charge < -0.3 is 14.7 Å². The predicted octanol–water partition coefficient (Wildman–Crippen LogP) is 1.29. The van der Waals surface area contributed by atoms with E-state index in [0.29, 0.717) is 0 Å². The summed E-state index contributed by atoms with van der Waals surface area (Å²) in [5, 5.41) is 8.26. The van der Waals surface area contributed by atoms with E-state index in [-0.39, 0.29) is 12.7 Å². The highest BCUT2D eigenvalue weighted by Crippen LogP contribution is 2.08. The molecule has 1 N–H and O–H groups in total. The molecule has 0 spiro atoms. The minimum Gasteiger partial charge on any atom is -0.516 e. The number of amides is 1.